The fraction of sp³-hybridized carbons (Fsp3) is 0.167. The number of alkyl halides is 3. The van der Waals surface area contributed by atoms with Gasteiger partial charge in [0.15, 0.2) is 5.82 Å². The molecule has 0 spiro atoms. The quantitative estimate of drug-likeness (QED) is 0.905. The number of rotatable bonds is 2. The molecule has 0 fully saturated rings. The SMILES string of the molecule is C=C(c1cc(Br)cc(C(F)(F)F)c1)c1n[nH]c(C)n1. The van der Waals surface area contributed by atoms with Crippen molar-refractivity contribution in [2.75, 3.05) is 0 Å². The summed E-state index contributed by atoms with van der Waals surface area (Å²) in [6.07, 6.45) is -4.41. The molecular formula is C12H9BrF3N3. The predicted octanol–water partition coefficient (Wildman–Crippen LogP) is 3.96. The van der Waals surface area contributed by atoms with Crippen molar-refractivity contribution in [1.29, 1.82) is 0 Å². The van der Waals surface area contributed by atoms with E-state index in [4.69, 9.17) is 0 Å². The Bertz CT molecular complexity index is 631. The van der Waals surface area contributed by atoms with Gasteiger partial charge in [-0.2, -0.15) is 18.3 Å². The van der Waals surface area contributed by atoms with Gasteiger partial charge in [0, 0.05) is 10.0 Å². The molecule has 0 unspecified atom stereocenters. The van der Waals surface area contributed by atoms with Crippen molar-refractivity contribution in [3.8, 4) is 0 Å². The van der Waals surface area contributed by atoms with Crippen LogP contribution >= 0.6 is 15.9 Å². The van der Waals surface area contributed by atoms with E-state index in [1.807, 2.05) is 0 Å². The highest BCUT2D eigenvalue weighted by atomic mass is 79.9. The third kappa shape index (κ3) is 3.04. The summed E-state index contributed by atoms with van der Waals surface area (Å²) >= 11 is 3.06. The largest absolute Gasteiger partial charge is 0.416 e. The maximum absolute atomic E-state index is 12.7. The van der Waals surface area contributed by atoms with E-state index in [9.17, 15) is 13.2 Å². The normalized spacial score (nSPS) is 11.6. The maximum atomic E-state index is 12.7. The van der Waals surface area contributed by atoms with Crippen LogP contribution in [0.15, 0.2) is 29.3 Å². The van der Waals surface area contributed by atoms with Gasteiger partial charge in [-0.1, -0.05) is 22.5 Å². The molecule has 0 aliphatic rings. The molecular weight excluding hydrogens is 323 g/mol. The second kappa shape index (κ2) is 4.80. The fourth-order valence-electron chi connectivity index (χ4n) is 1.53. The molecule has 0 aliphatic carbocycles. The van der Waals surface area contributed by atoms with E-state index < -0.39 is 11.7 Å². The lowest BCUT2D eigenvalue weighted by Gasteiger charge is -2.10. The lowest BCUT2D eigenvalue weighted by atomic mass is 10.0. The number of hydrogen-bond acceptors (Lipinski definition) is 2. The molecule has 19 heavy (non-hydrogen) atoms. The van der Waals surface area contributed by atoms with E-state index in [2.05, 4.69) is 37.7 Å². The Hall–Kier alpha value is -1.63. The van der Waals surface area contributed by atoms with Crippen molar-refractivity contribution >= 4 is 21.5 Å². The number of H-pyrrole nitrogens is 1. The summed E-state index contributed by atoms with van der Waals surface area (Å²) in [5.41, 5.74) is -0.0952. The molecule has 0 atom stereocenters. The average Bonchev–Trinajstić information content (AvgIpc) is 2.73. The van der Waals surface area contributed by atoms with Crippen LogP contribution in [0.3, 0.4) is 0 Å². The van der Waals surface area contributed by atoms with Crippen molar-refractivity contribution in [1.82, 2.24) is 15.2 Å². The number of halogens is 4. The molecule has 100 valence electrons. The minimum atomic E-state index is -4.41. The first-order valence-corrected chi connectivity index (χ1v) is 6.03. The minimum Gasteiger partial charge on any atom is -0.263 e. The van der Waals surface area contributed by atoms with Crippen molar-refractivity contribution in [2.24, 2.45) is 0 Å². The Labute approximate surface area is 115 Å². The Morgan fingerprint density at radius 2 is 2.00 bits per heavy atom. The average molecular weight is 332 g/mol. The molecule has 0 bridgehead atoms. The standard InChI is InChI=1S/C12H9BrF3N3/c1-6(11-17-7(2)18-19-11)8-3-9(12(14,15)16)5-10(13)4-8/h3-5H,1H2,2H3,(H,17,18,19). The van der Waals surface area contributed by atoms with E-state index in [0.717, 1.165) is 12.1 Å². The van der Waals surface area contributed by atoms with Crippen molar-refractivity contribution < 1.29 is 13.2 Å². The zero-order chi connectivity index (χ0) is 14.2. The molecule has 2 rings (SSSR count). The van der Waals surface area contributed by atoms with E-state index in [0.29, 0.717) is 21.4 Å². The van der Waals surface area contributed by atoms with Gasteiger partial charge in [-0.25, -0.2) is 4.98 Å². The lowest BCUT2D eigenvalue weighted by molar-refractivity contribution is -0.137. The molecule has 1 heterocycles. The highest BCUT2D eigenvalue weighted by molar-refractivity contribution is 9.10. The van der Waals surface area contributed by atoms with Gasteiger partial charge in [-0.3, -0.25) is 5.10 Å². The summed E-state index contributed by atoms with van der Waals surface area (Å²) in [6.45, 7) is 5.44. The molecule has 7 heteroatoms. The topological polar surface area (TPSA) is 41.6 Å². The number of hydrogen-bond donors (Lipinski definition) is 1. The monoisotopic (exact) mass is 331 g/mol. The minimum absolute atomic E-state index is 0.281. The van der Waals surface area contributed by atoms with Gasteiger partial charge in [0.1, 0.15) is 5.82 Å². The summed E-state index contributed by atoms with van der Waals surface area (Å²) < 4.78 is 38.5. The first-order valence-electron chi connectivity index (χ1n) is 5.24. The smallest absolute Gasteiger partial charge is 0.263 e. The van der Waals surface area contributed by atoms with Gasteiger partial charge >= 0.3 is 6.18 Å². The molecule has 0 aliphatic heterocycles. The summed E-state index contributed by atoms with van der Waals surface area (Å²) in [7, 11) is 0. The van der Waals surface area contributed by atoms with Crippen LogP contribution in [-0.2, 0) is 6.18 Å². The number of aryl methyl sites for hydroxylation is 1. The molecule has 3 nitrogen and oxygen atoms in total. The molecule has 0 radical (unpaired) electrons. The summed E-state index contributed by atoms with van der Waals surface area (Å²) in [4.78, 5) is 4.05. The van der Waals surface area contributed by atoms with Crippen LogP contribution in [0.5, 0.6) is 0 Å². The molecule has 0 saturated heterocycles. The van der Waals surface area contributed by atoms with Gasteiger partial charge < -0.3 is 0 Å². The predicted molar refractivity (Wildman–Crippen MR) is 68.4 cm³/mol. The zero-order valence-electron chi connectivity index (χ0n) is 9.85. The summed E-state index contributed by atoms with van der Waals surface area (Å²) in [5, 5.41) is 6.50. The van der Waals surface area contributed by atoms with E-state index in [-0.39, 0.29) is 5.82 Å². The van der Waals surface area contributed by atoms with Crippen LogP contribution < -0.4 is 0 Å². The van der Waals surface area contributed by atoms with Gasteiger partial charge in [-0.05, 0) is 30.7 Å². The van der Waals surface area contributed by atoms with Crippen molar-refractivity contribution in [3.05, 3.63) is 52.0 Å². The van der Waals surface area contributed by atoms with Crippen LogP contribution in [0.1, 0.15) is 22.8 Å². The van der Waals surface area contributed by atoms with Gasteiger partial charge in [-0.15, -0.1) is 0 Å². The zero-order valence-corrected chi connectivity index (χ0v) is 11.4. The van der Waals surface area contributed by atoms with Crippen LogP contribution in [-0.4, -0.2) is 15.2 Å². The van der Waals surface area contributed by atoms with E-state index in [1.54, 1.807) is 13.0 Å². The number of benzene rings is 1. The van der Waals surface area contributed by atoms with E-state index in [1.165, 1.54) is 0 Å². The molecule has 1 aromatic carbocycles. The molecule has 0 saturated carbocycles. The van der Waals surface area contributed by atoms with Crippen LogP contribution in [0.2, 0.25) is 0 Å². The van der Waals surface area contributed by atoms with E-state index >= 15 is 0 Å². The lowest BCUT2D eigenvalue weighted by Crippen LogP contribution is -2.05. The van der Waals surface area contributed by atoms with Crippen LogP contribution in [0, 0.1) is 6.92 Å². The molecule has 2 aromatic rings. The number of nitrogens with zero attached hydrogens (tertiary/aromatic N) is 2. The van der Waals surface area contributed by atoms with Crippen molar-refractivity contribution in [3.63, 3.8) is 0 Å². The van der Waals surface area contributed by atoms with Crippen molar-refractivity contribution in [2.45, 2.75) is 13.1 Å². The maximum Gasteiger partial charge on any atom is 0.416 e. The Morgan fingerprint density at radius 1 is 1.32 bits per heavy atom. The third-order valence-corrected chi connectivity index (χ3v) is 2.90. The second-order valence-electron chi connectivity index (χ2n) is 3.95. The molecule has 1 N–H and O–H groups in total. The van der Waals surface area contributed by atoms with Gasteiger partial charge in [0.05, 0.1) is 5.56 Å². The Kier molecular flexibility index (Phi) is 3.49. The Morgan fingerprint density at radius 3 is 2.53 bits per heavy atom. The van der Waals surface area contributed by atoms with Crippen LogP contribution in [0.4, 0.5) is 13.2 Å². The fourth-order valence-corrected chi connectivity index (χ4v) is 2.03. The first kappa shape index (κ1) is 13.8. The molecule has 1 aromatic heterocycles. The summed E-state index contributed by atoms with van der Waals surface area (Å²) in [6, 6.07) is 3.59. The number of aromatic nitrogens is 3. The first-order chi connectivity index (χ1) is 8.77. The molecule has 0 amide bonds. The van der Waals surface area contributed by atoms with Crippen LogP contribution in [0.25, 0.3) is 5.57 Å². The number of aromatic amines is 1. The van der Waals surface area contributed by atoms with Gasteiger partial charge in [0.25, 0.3) is 0 Å². The second-order valence-corrected chi connectivity index (χ2v) is 4.86. The Balaban J connectivity index is 2.45. The number of nitrogens with one attached hydrogen (secondary N) is 1. The summed E-state index contributed by atoms with van der Waals surface area (Å²) in [5.74, 6) is 0.853. The third-order valence-electron chi connectivity index (χ3n) is 2.44. The highest BCUT2D eigenvalue weighted by Gasteiger charge is 2.31. The van der Waals surface area contributed by atoms with Gasteiger partial charge in [0.2, 0.25) is 0 Å². The highest BCUT2D eigenvalue weighted by Crippen LogP contribution is 2.34.